The SMILES string of the molecule is COCCc1nsc(N(C)C2CCN(c3ccccc3F)C2=O)n1. The Labute approximate surface area is 144 Å². The van der Waals surface area contributed by atoms with Gasteiger partial charge in [0.25, 0.3) is 0 Å². The molecule has 2 heterocycles. The van der Waals surface area contributed by atoms with Gasteiger partial charge in [0, 0.05) is 38.7 Å². The quantitative estimate of drug-likeness (QED) is 0.799. The van der Waals surface area contributed by atoms with Crippen LogP contribution >= 0.6 is 11.5 Å². The van der Waals surface area contributed by atoms with Gasteiger partial charge in [-0.15, -0.1) is 0 Å². The number of hydrogen-bond acceptors (Lipinski definition) is 6. The van der Waals surface area contributed by atoms with Gasteiger partial charge in [-0.25, -0.2) is 9.37 Å². The maximum absolute atomic E-state index is 13.9. The van der Waals surface area contributed by atoms with E-state index in [9.17, 15) is 9.18 Å². The number of carbonyl (C=O) groups is 1. The number of nitrogens with zero attached hydrogens (tertiary/aromatic N) is 4. The average Bonchev–Trinajstić information content (AvgIpc) is 3.20. The predicted molar refractivity (Wildman–Crippen MR) is 91.1 cm³/mol. The van der Waals surface area contributed by atoms with Crippen LogP contribution in [0, 0.1) is 5.82 Å². The molecule has 0 radical (unpaired) electrons. The van der Waals surface area contributed by atoms with Crippen molar-refractivity contribution in [2.24, 2.45) is 0 Å². The van der Waals surface area contributed by atoms with Gasteiger partial charge in [0.2, 0.25) is 11.0 Å². The van der Waals surface area contributed by atoms with E-state index in [1.54, 1.807) is 25.3 Å². The van der Waals surface area contributed by atoms with Crippen LogP contribution in [0.25, 0.3) is 0 Å². The van der Waals surface area contributed by atoms with Gasteiger partial charge in [-0.1, -0.05) is 12.1 Å². The number of hydrogen-bond donors (Lipinski definition) is 0. The number of carbonyl (C=O) groups excluding carboxylic acids is 1. The molecule has 8 heteroatoms. The van der Waals surface area contributed by atoms with Crippen LogP contribution in [0.4, 0.5) is 15.2 Å². The largest absolute Gasteiger partial charge is 0.384 e. The number of aromatic nitrogens is 2. The Bertz CT molecular complexity index is 724. The van der Waals surface area contributed by atoms with E-state index in [1.165, 1.54) is 22.5 Å². The lowest BCUT2D eigenvalue weighted by molar-refractivity contribution is -0.118. The van der Waals surface area contributed by atoms with Crippen LogP contribution in [0.2, 0.25) is 0 Å². The fourth-order valence-electron chi connectivity index (χ4n) is 2.75. The van der Waals surface area contributed by atoms with Crippen molar-refractivity contribution >= 4 is 28.3 Å². The monoisotopic (exact) mass is 350 g/mol. The summed E-state index contributed by atoms with van der Waals surface area (Å²) in [6.45, 7) is 1.05. The first-order valence-electron chi connectivity index (χ1n) is 7.72. The minimum Gasteiger partial charge on any atom is -0.384 e. The van der Waals surface area contributed by atoms with E-state index in [0.717, 1.165) is 0 Å². The number of benzene rings is 1. The Balaban J connectivity index is 1.73. The van der Waals surface area contributed by atoms with E-state index in [-0.39, 0.29) is 17.8 Å². The third-order valence-electron chi connectivity index (χ3n) is 4.08. The normalized spacial score (nSPS) is 17.5. The van der Waals surface area contributed by atoms with Crippen LogP contribution in [0.5, 0.6) is 0 Å². The molecule has 128 valence electrons. The summed E-state index contributed by atoms with van der Waals surface area (Å²) < 4.78 is 23.3. The third kappa shape index (κ3) is 3.25. The zero-order valence-corrected chi connectivity index (χ0v) is 14.4. The average molecular weight is 350 g/mol. The second kappa shape index (κ2) is 7.23. The fourth-order valence-corrected chi connectivity index (χ4v) is 3.47. The van der Waals surface area contributed by atoms with Gasteiger partial charge in [-0.05, 0) is 18.6 Å². The standard InChI is InChI=1S/C16H19FN4O2S/c1-20(16-18-14(19-24-16)8-10-23-2)13-7-9-21(15(13)22)12-6-4-3-5-11(12)17/h3-6,13H,7-10H2,1-2H3. The Kier molecular flexibility index (Phi) is 5.06. The molecule has 3 rings (SSSR count). The molecule has 1 unspecified atom stereocenters. The van der Waals surface area contributed by atoms with Gasteiger partial charge >= 0.3 is 0 Å². The van der Waals surface area contributed by atoms with Gasteiger partial charge < -0.3 is 14.5 Å². The topological polar surface area (TPSA) is 58.6 Å². The van der Waals surface area contributed by atoms with Crippen LogP contribution in [0.1, 0.15) is 12.2 Å². The van der Waals surface area contributed by atoms with Crippen molar-refractivity contribution in [2.75, 3.05) is 37.1 Å². The smallest absolute Gasteiger partial charge is 0.249 e. The fraction of sp³-hybridized carbons (Fsp3) is 0.438. The van der Waals surface area contributed by atoms with Gasteiger partial charge in [-0.3, -0.25) is 4.79 Å². The van der Waals surface area contributed by atoms with Gasteiger partial charge in [-0.2, -0.15) is 4.37 Å². The van der Waals surface area contributed by atoms with Gasteiger partial charge in [0.15, 0.2) is 0 Å². The zero-order valence-electron chi connectivity index (χ0n) is 13.6. The molecule has 1 fully saturated rings. The lowest BCUT2D eigenvalue weighted by Gasteiger charge is -2.23. The predicted octanol–water partition coefficient (Wildman–Crippen LogP) is 2.11. The Morgan fingerprint density at radius 2 is 2.25 bits per heavy atom. The first-order valence-corrected chi connectivity index (χ1v) is 8.49. The lowest BCUT2D eigenvalue weighted by Crippen LogP contribution is -2.40. The second-order valence-corrected chi connectivity index (χ2v) is 6.32. The molecule has 0 aliphatic carbocycles. The minimum absolute atomic E-state index is 0.115. The molecule has 24 heavy (non-hydrogen) atoms. The molecule has 0 bridgehead atoms. The van der Waals surface area contributed by atoms with Crippen molar-refractivity contribution in [3.8, 4) is 0 Å². The highest BCUT2D eigenvalue weighted by atomic mass is 32.1. The van der Waals surface area contributed by atoms with E-state index >= 15 is 0 Å². The number of rotatable bonds is 6. The highest BCUT2D eigenvalue weighted by Gasteiger charge is 2.37. The molecule has 0 spiro atoms. The molecule has 1 amide bonds. The third-order valence-corrected chi connectivity index (χ3v) is 4.92. The molecule has 1 atom stereocenters. The van der Waals surface area contributed by atoms with Crippen molar-refractivity contribution in [1.29, 1.82) is 0 Å². The van der Waals surface area contributed by atoms with E-state index in [4.69, 9.17) is 4.74 Å². The van der Waals surface area contributed by atoms with Crippen LogP contribution in [0.3, 0.4) is 0 Å². The van der Waals surface area contributed by atoms with E-state index in [1.807, 2.05) is 11.9 Å². The second-order valence-electron chi connectivity index (χ2n) is 5.59. The first kappa shape index (κ1) is 16.8. The van der Waals surface area contributed by atoms with Crippen molar-refractivity contribution < 1.29 is 13.9 Å². The molecule has 1 saturated heterocycles. The van der Waals surface area contributed by atoms with Crippen LogP contribution in [0.15, 0.2) is 24.3 Å². The maximum atomic E-state index is 13.9. The van der Waals surface area contributed by atoms with E-state index < -0.39 is 0 Å². The van der Waals surface area contributed by atoms with E-state index in [2.05, 4.69) is 9.36 Å². The maximum Gasteiger partial charge on any atom is 0.249 e. The number of halogens is 1. The Morgan fingerprint density at radius 1 is 1.46 bits per heavy atom. The van der Waals surface area contributed by atoms with Crippen molar-refractivity contribution in [1.82, 2.24) is 9.36 Å². The Hall–Kier alpha value is -2.06. The minimum atomic E-state index is -0.382. The van der Waals surface area contributed by atoms with Crippen molar-refractivity contribution in [3.05, 3.63) is 35.9 Å². The molecule has 0 N–H and O–H groups in total. The molecular formula is C16H19FN4O2S. The Morgan fingerprint density at radius 3 is 3.00 bits per heavy atom. The summed E-state index contributed by atoms with van der Waals surface area (Å²) in [7, 11) is 3.46. The number of anilines is 2. The molecule has 2 aromatic rings. The summed E-state index contributed by atoms with van der Waals surface area (Å²) in [5.41, 5.74) is 0.330. The van der Waals surface area contributed by atoms with Crippen LogP contribution in [-0.2, 0) is 16.0 Å². The molecule has 0 saturated carbocycles. The summed E-state index contributed by atoms with van der Waals surface area (Å²) in [5.74, 6) is 0.211. The molecule has 1 aromatic carbocycles. The van der Waals surface area contributed by atoms with Crippen molar-refractivity contribution in [2.45, 2.75) is 18.9 Å². The molecule has 1 aromatic heterocycles. The molecule has 1 aliphatic rings. The van der Waals surface area contributed by atoms with Gasteiger partial charge in [0.05, 0.1) is 12.3 Å². The van der Waals surface area contributed by atoms with Crippen LogP contribution < -0.4 is 9.80 Å². The molecule has 1 aliphatic heterocycles. The lowest BCUT2D eigenvalue weighted by atomic mass is 10.2. The number of para-hydroxylation sites is 1. The summed E-state index contributed by atoms with van der Waals surface area (Å²) >= 11 is 1.26. The first-order chi connectivity index (χ1) is 11.6. The van der Waals surface area contributed by atoms with Crippen molar-refractivity contribution in [3.63, 3.8) is 0 Å². The molecule has 6 nitrogen and oxygen atoms in total. The molecular weight excluding hydrogens is 331 g/mol. The summed E-state index contributed by atoms with van der Waals surface area (Å²) in [5, 5.41) is 0.690. The highest BCUT2D eigenvalue weighted by Crippen LogP contribution is 2.29. The summed E-state index contributed by atoms with van der Waals surface area (Å²) in [6.07, 6.45) is 1.26. The number of likely N-dealkylation sites (N-methyl/N-ethyl adjacent to an activating group) is 1. The van der Waals surface area contributed by atoms with Crippen LogP contribution in [-0.4, -0.2) is 48.6 Å². The number of amides is 1. The summed E-state index contributed by atoms with van der Waals surface area (Å²) in [4.78, 5) is 20.5. The zero-order chi connectivity index (χ0) is 17.1. The van der Waals surface area contributed by atoms with Gasteiger partial charge in [0.1, 0.15) is 17.7 Å². The number of ether oxygens (including phenoxy) is 1. The van der Waals surface area contributed by atoms with E-state index in [0.29, 0.717) is 42.6 Å². The number of methoxy groups -OCH3 is 1. The summed E-state index contributed by atoms with van der Waals surface area (Å²) in [6, 6.07) is 5.99. The highest BCUT2D eigenvalue weighted by molar-refractivity contribution is 7.09.